The minimum Gasteiger partial charge on any atom is -0.489 e. The molecule has 0 heterocycles. The van der Waals surface area contributed by atoms with Crippen molar-refractivity contribution in [3.05, 3.63) is 59.7 Å². The molecule has 0 saturated heterocycles. The van der Waals surface area contributed by atoms with Crippen molar-refractivity contribution in [1.29, 1.82) is 5.26 Å². The molecule has 0 aliphatic carbocycles. The Morgan fingerprint density at radius 1 is 1.15 bits per heavy atom. The van der Waals surface area contributed by atoms with Crippen LogP contribution in [0.4, 0.5) is 0 Å². The molecule has 0 unspecified atom stereocenters. The van der Waals surface area contributed by atoms with Gasteiger partial charge in [0.2, 0.25) is 0 Å². The Labute approximate surface area is 118 Å². The van der Waals surface area contributed by atoms with Crippen LogP contribution >= 0.6 is 0 Å². The standard InChI is InChI=1S/C15H13NO3S/c1-20(17,18)15-8-4-7-14(9-15)19-11-13-6-3-2-5-12(13)10-16/h2-9H,11H2,1H3. The van der Waals surface area contributed by atoms with Crippen LogP contribution in [0.15, 0.2) is 53.4 Å². The van der Waals surface area contributed by atoms with Crippen molar-refractivity contribution in [2.24, 2.45) is 0 Å². The third-order valence-electron chi connectivity index (χ3n) is 2.77. The van der Waals surface area contributed by atoms with Crippen molar-refractivity contribution in [2.75, 3.05) is 6.26 Å². The SMILES string of the molecule is CS(=O)(=O)c1cccc(OCc2ccccc2C#N)c1. The summed E-state index contributed by atoms with van der Waals surface area (Å²) in [4.78, 5) is 0.212. The first-order valence-corrected chi connectivity index (χ1v) is 7.81. The summed E-state index contributed by atoms with van der Waals surface area (Å²) in [5.41, 5.74) is 1.31. The Kier molecular flexibility index (Phi) is 4.06. The van der Waals surface area contributed by atoms with Gasteiger partial charge in [-0.3, -0.25) is 0 Å². The van der Waals surface area contributed by atoms with E-state index in [2.05, 4.69) is 6.07 Å². The van der Waals surface area contributed by atoms with Crippen LogP contribution in [-0.2, 0) is 16.4 Å². The van der Waals surface area contributed by atoms with E-state index in [0.717, 1.165) is 11.8 Å². The van der Waals surface area contributed by atoms with Gasteiger partial charge in [0.1, 0.15) is 12.4 Å². The highest BCUT2D eigenvalue weighted by Crippen LogP contribution is 2.19. The molecule has 0 saturated carbocycles. The normalized spacial score (nSPS) is 10.8. The molecule has 4 nitrogen and oxygen atoms in total. The predicted octanol–water partition coefficient (Wildman–Crippen LogP) is 2.54. The molecule has 2 aromatic carbocycles. The first kappa shape index (κ1) is 14.1. The molecule has 102 valence electrons. The van der Waals surface area contributed by atoms with Crippen molar-refractivity contribution in [2.45, 2.75) is 11.5 Å². The lowest BCUT2D eigenvalue weighted by Gasteiger charge is -2.08. The molecular weight excluding hydrogens is 274 g/mol. The maximum atomic E-state index is 11.5. The minimum absolute atomic E-state index is 0.212. The third-order valence-corrected chi connectivity index (χ3v) is 3.88. The second kappa shape index (κ2) is 5.76. The number of nitrogens with zero attached hydrogens (tertiary/aromatic N) is 1. The highest BCUT2D eigenvalue weighted by Gasteiger charge is 2.08. The second-order valence-corrected chi connectivity index (χ2v) is 6.32. The van der Waals surface area contributed by atoms with Gasteiger partial charge < -0.3 is 4.74 Å². The smallest absolute Gasteiger partial charge is 0.175 e. The molecule has 0 amide bonds. The summed E-state index contributed by atoms with van der Waals surface area (Å²) in [6.07, 6.45) is 1.15. The monoisotopic (exact) mass is 287 g/mol. The molecule has 2 rings (SSSR count). The molecule has 2 aromatic rings. The van der Waals surface area contributed by atoms with E-state index in [1.54, 1.807) is 30.3 Å². The highest BCUT2D eigenvalue weighted by molar-refractivity contribution is 7.90. The van der Waals surface area contributed by atoms with Gasteiger partial charge in [0.25, 0.3) is 0 Å². The first-order chi connectivity index (χ1) is 9.50. The molecule has 0 aromatic heterocycles. The maximum absolute atomic E-state index is 11.5. The molecule has 5 heteroatoms. The Balaban J connectivity index is 2.18. The fourth-order valence-corrected chi connectivity index (χ4v) is 2.37. The van der Waals surface area contributed by atoms with E-state index in [1.165, 1.54) is 12.1 Å². The van der Waals surface area contributed by atoms with Gasteiger partial charge in [0.05, 0.1) is 16.5 Å². The van der Waals surface area contributed by atoms with Gasteiger partial charge in [-0.25, -0.2) is 8.42 Å². The summed E-state index contributed by atoms with van der Waals surface area (Å²) in [5, 5.41) is 8.98. The van der Waals surface area contributed by atoms with Gasteiger partial charge in [0, 0.05) is 11.8 Å². The first-order valence-electron chi connectivity index (χ1n) is 5.91. The fraction of sp³-hybridized carbons (Fsp3) is 0.133. The van der Waals surface area contributed by atoms with Crippen LogP contribution in [0.3, 0.4) is 0 Å². The van der Waals surface area contributed by atoms with Crippen LogP contribution in [-0.4, -0.2) is 14.7 Å². The summed E-state index contributed by atoms with van der Waals surface area (Å²) in [7, 11) is -3.25. The highest BCUT2D eigenvalue weighted by atomic mass is 32.2. The predicted molar refractivity (Wildman–Crippen MR) is 75.0 cm³/mol. The van der Waals surface area contributed by atoms with Gasteiger partial charge in [-0.15, -0.1) is 0 Å². The summed E-state index contributed by atoms with van der Waals surface area (Å²) in [6.45, 7) is 0.219. The van der Waals surface area contributed by atoms with Gasteiger partial charge >= 0.3 is 0 Å². The van der Waals surface area contributed by atoms with E-state index in [1.807, 2.05) is 6.07 Å². The zero-order chi connectivity index (χ0) is 14.6. The average Bonchev–Trinajstić information content (AvgIpc) is 2.45. The zero-order valence-electron chi connectivity index (χ0n) is 10.9. The van der Waals surface area contributed by atoms with Crippen molar-refractivity contribution >= 4 is 9.84 Å². The second-order valence-electron chi connectivity index (χ2n) is 4.30. The van der Waals surface area contributed by atoms with Crippen LogP contribution in [0.1, 0.15) is 11.1 Å². The van der Waals surface area contributed by atoms with Gasteiger partial charge in [-0.1, -0.05) is 24.3 Å². The van der Waals surface area contributed by atoms with Crippen LogP contribution in [0.5, 0.6) is 5.75 Å². The van der Waals surface area contributed by atoms with Crippen molar-refractivity contribution in [1.82, 2.24) is 0 Å². The lowest BCUT2D eigenvalue weighted by Crippen LogP contribution is -2.00. The summed E-state index contributed by atoms with van der Waals surface area (Å²) < 4.78 is 28.5. The van der Waals surface area contributed by atoms with Crippen molar-refractivity contribution in [3.8, 4) is 11.8 Å². The van der Waals surface area contributed by atoms with Crippen LogP contribution in [0.25, 0.3) is 0 Å². The van der Waals surface area contributed by atoms with E-state index in [-0.39, 0.29) is 11.5 Å². The minimum atomic E-state index is -3.25. The quantitative estimate of drug-likeness (QED) is 0.866. The Hall–Kier alpha value is -2.32. The Bertz CT molecular complexity index is 761. The van der Waals surface area contributed by atoms with E-state index in [9.17, 15) is 8.42 Å². The number of hydrogen-bond acceptors (Lipinski definition) is 4. The van der Waals surface area contributed by atoms with Crippen molar-refractivity contribution in [3.63, 3.8) is 0 Å². The summed E-state index contributed by atoms with van der Waals surface area (Å²) in [5.74, 6) is 0.459. The molecule has 0 aliphatic rings. The van der Waals surface area contributed by atoms with Crippen LogP contribution in [0.2, 0.25) is 0 Å². The topological polar surface area (TPSA) is 67.2 Å². The summed E-state index contributed by atoms with van der Waals surface area (Å²) >= 11 is 0. The van der Waals surface area contributed by atoms with Gasteiger partial charge in [0.15, 0.2) is 9.84 Å². The molecule has 0 radical (unpaired) electrons. The largest absolute Gasteiger partial charge is 0.489 e. The average molecular weight is 287 g/mol. The fourth-order valence-electron chi connectivity index (χ4n) is 1.71. The van der Waals surface area contributed by atoms with Gasteiger partial charge in [-0.05, 0) is 24.3 Å². The lowest BCUT2D eigenvalue weighted by atomic mass is 10.1. The molecule has 0 bridgehead atoms. The molecule has 0 N–H and O–H groups in total. The number of sulfone groups is 1. The number of hydrogen-bond donors (Lipinski definition) is 0. The molecule has 0 atom stereocenters. The van der Waals surface area contributed by atoms with E-state index >= 15 is 0 Å². The zero-order valence-corrected chi connectivity index (χ0v) is 11.7. The molecule has 0 aliphatic heterocycles. The number of benzene rings is 2. The number of ether oxygens (including phenoxy) is 1. The van der Waals surface area contributed by atoms with E-state index < -0.39 is 9.84 Å². The van der Waals surface area contributed by atoms with E-state index in [4.69, 9.17) is 10.00 Å². The number of nitriles is 1. The lowest BCUT2D eigenvalue weighted by molar-refractivity contribution is 0.305. The number of rotatable bonds is 4. The molecule has 0 fully saturated rings. The van der Waals surface area contributed by atoms with Gasteiger partial charge in [-0.2, -0.15) is 5.26 Å². The van der Waals surface area contributed by atoms with Crippen molar-refractivity contribution < 1.29 is 13.2 Å². The third kappa shape index (κ3) is 3.37. The van der Waals surface area contributed by atoms with Crippen LogP contribution < -0.4 is 4.74 Å². The molecule has 20 heavy (non-hydrogen) atoms. The Morgan fingerprint density at radius 3 is 2.60 bits per heavy atom. The molecule has 0 spiro atoms. The van der Waals surface area contributed by atoms with E-state index in [0.29, 0.717) is 11.3 Å². The Morgan fingerprint density at radius 2 is 1.90 bits per heavy atom. The maximum Gasteiger partial charge on any atom is 0.175 e. The van der Waals surface area contributed by atoms with Crippen LogP contribution in [0, 0.1) is 11.3 Å². The molecular formula is C15H13NO3S. The summed E-state index contributed by atoms with van der Waals surface area (Å²) in [6, 6.07) is 15.5.